The van der Waals surface area contributed by atoms with Crippen LogP contribution >= 0.6 is 11.6 Å². The molecule has 1 rings (SSSR count). The van der Waals surface area contributed by atoms with Gasteiger partial charge in [0.15, 0.2) is 0 Å². The molecule has 0 saturated heterocycles. The van der Waals surface area contributed by atoms with Gasteiger partial charge in [-0.25, -0.2) is 0 Å². The van der Waals surface area contributed by atoms with Crippen molar-refractivity contribution in [1.29, 1.82) is 0 Å². The lowest BCUT2D eigenvalue weighted by atomic mass is 10.3. The van der Waals surface area contributed by atoms with Crippen LogP contribution in [-0.4, -0.2) is 19.3 Å². The predicted octanol–water partition coefficient (Wildman–Crippen LogP) is 3.57. The molecule has 0 aliphatic carbocycles. The molecule has 1 N–H and O–H groups in total. The Labute approximate surface area is 96.6 Å². The highest BCUT2D eigenvalue weighted by Crippen LogP contribution is 2.19. The zero-order valence-electron chi connectivity index (χ0n) is 9.29. The topological polar surface area (TPSA) is 21.3 Å². The molecule has 0 saturated carbocycles. The molecule has 0 aliphatic rings. The first-order valence-electron chi connectivity index (χ1n) is 5.34. The quantitative estimate of drug-likeness (QED) is 0.751. The van der Waals surface area contributed by atoms with Crippen LogP contribution in [0.3, 0.4) is 0 Å². The Morgan fingerprint density at radius 3 is 2.80 bits per heavy atom. The van der Waals surface area contributed by atoms with Gasteiger partial charge in [-0.3, -0.25) is 0 Å². The Morgan fingerprint density at radius 1 is 1.40 bits per heavy atom. The molecule has 0 aromatic heterocycles. The molecule has 0 spiro atoms. The van der Waals surface area contributed by atoms with Crippen LogP contribution in [0.4, 0.5) is 5.69 Å². The van der Waals surface area contributed by atoms with E-state index in [0.717, 1.165) is 23.7 Å². The highest BCUT2D eigenvalue weighted by Gasteiger charge is 1.99. The fourth-order valence-corrected chi connectivity index (χ4v) is 1.37. The van der Waals surface area contributed by atoms with Crippen molar-refractivity contribution in [1.82, 2.24) is 0 Å². The standard InChI is InChI=1S/C12H18ClNO/c1-3-10(2)15-9-8-14-12-7-5-4-6-11(12)13/h4-7,10,14H,3,8-9H2,1-2H3. The van der Waals surface area contributed by atoms with Gasteiger partial charge in [0.1, 0.15) is 0 Å². The van der Waals surface area contributed by atoms with Gasteiger partial charge >= 0.3 is 0 Å². The maximum absolute atomic E-state index is 5.99. The van der Waals surface area contributed by atoms with E-state index in [9.17, 15) is 0 Å². The minimum absolute atomic E-state index is 0.332. The third-order valence-electron chi connectivity index (χ3n) is 2.27. The van der Waals surface area contributed by atoms with Gasteiger partial charge in [-0.2, -0.15) is 0 Å². The molecule has 2 nitrogen and oxygen atoms in total. The smallest absolute Gasteiger partial charge is 0.0642 e. The average molecular weight is 228 g/mol. The number of anilines is 1. The number of para-hydroxylation sites is 1. The molecule has 3 heteroatoms. The lowest BCUT2D eigenvalue weighted by Gasteiger charge is -2.12. The van der Waals surface area contributed by atoms with Crippen LogP contribution in [0.15, 0.2) is 24.3 Å². The first kappa shape index (κ1) is 12.3. The van der Waals surface area contributed by atoms with E-state index in [0.29, 0.717) is 12.7 Å². The van der Waals surface area contributed by atoms with Crippen molar-refractivity contribution in [3.8, 4) is 0 Å². The molecule has 0 fully saturated rings. The second-order valence-electron chi connectivity index (χ2n) is 3.50. The van der Waals surface area contributed by atoms with Crippen LogP contribution < -0.4 is 5.32 Å². The Bertz CT molecular complexity index is 291. The molecule has 0 bridgehead atoms. The Morgan fingerprint density at radius 2 is 2.13 bits per heavy atom. The molecule has 0 heterocycles. The Balaban J connectivity index is 2.23. The summed E-state index contributed by atoms with van der Waals surface area (Å²) in [4.78, 5) is 0. The molecule has 1 atom stereocenters. The molecule has 1 aromatic rings. The van der Waals surface area contributed by atoms with E-state index in [-0.39, 0.29) is 0 Å². The van der Waals surface area contributed by atoms with E-state index in [2.05, 4.69) is 19.2 Å². The van der Waals surface area contributed by atoms with E-state index >= 15 is 0 Å². The van der Waals surface area contributed by atoms with Crippen LogP contribution in [0.2, 0.25) is 5.02 Å². The minimum atomic E-state index is 0.332. The van der Waals surface area contributed by atoms with Gasteiger partial charge < -0.3 is 10.1 Å². The summed E-state index contributed by atoms with van der Waals surface area (Å²) in [5.74, 6) is 0. The number of hydrogen-bond acceptors (Lipinski definition) is 2. The third kappa shape index (κ3) is 4.54. The van der Waals surface area contributed by atoms with E-state index in [1.807, 2.05) is 24.3 Å². The summed E-state index contributed by atoms with van der Waals surface area (Å²) >= 11 is 5.99. The lowest BCUT2D eigenvalue weighted by molar-refractivity contribution is 0.0713. The minimum Gasteiger partial charge on any atom is -0.382 e. The van der Waals surface area contributed by atoms with Crippen molar-refractivity contribution in [3.05, 3.63) is 29.3 Å². The van der Waals surface area contributed by atoms with Gasteiger partial charge in [-0.05, 0) is 25.5 Å². The van der Waals surface area contributed by atoms with E-state index in [1.54, 1.807) is 0 Å². The largest absolute Gasteiger partial charge is 0.382 e. The zero-order chi connectivity index (χ0) is 11.1. The first-order valence-corrected chi connectivity index (χ1v) is 5.71. The molecule has 15 heavy (non-hydrogen) atoms. The normalized spacial score (nSPS) is 12.5. The first-order chi connectivity index (χ1) is 7.24. The molecule has 0 amide bonds. The predicted molar refractivity (Wildman–Crippen MR) is 65.6 cm³/mol. The number of nitrogens with one attached hydrogen (secondary N) is 1. The highest BCUT2D eigenvalue weighted by molar-refractivity contribution is 6.33. The van der Waals surface area contributed by atoms with Crippen molar-refractivity contribution in [2.75, 3.05) is 18.5 Å². The van der Waals surface area contributed by atoms with E-state index < -0.39 is 0 Å². The molecular formula is C12H18ClNO. The van der Waals surface area contributed by atoms with Crippen LogP contribution in [0.5, 0.6) is 0 Å². The Kier molecular flexibility index (Phi) is 5.51. The van der Waals surface area contributed by atoms with Crippen molar-refractivity contribution in [2.45, 2.75) is 26.4 Å². The van der Waals surface area contributed by atoms with Gasteiger partial charge in [-0.1, -0.05) is 30.7 Å². The molecule has 0 radical (unpaired) electrons. The zero-order valence-corrected chi connectivity index (χ0v) is 10.1. The number of ether oxygens (including phenoxy) is 1. The van der Waals surface area contributed by atoms with Gasteiger partial charge in [0.25, 0.3) is 0 Å². The summed E-state index contributed by atoms with van der Waals surface area (Å²) in [7, 11) is 0. The van der Waals surface area contributed by atoms with Gasteiger partial charge in [0.2, 0.25) is 0 Å². The Hall–Kier alpha value is -0.730. The number of halogens is 1. The highest BCUT2D eigenvalue weighted by atomic mass is 35.5. The van der Waals surface area contributed by atoms with Crippen LogP contribution in [0.1, 0.15) is 20.3 Å². The van der Waals surface area contributed by atoms with Gasteiger partial charge in [-0.15, -0.1) is 0 Å². The average Bonchev–Trinajstić information content (AvgIpc) is 2.26. The third-order valence-corrected chi connectivity index (χ3v) is 2.60. The summed E-state index contributed by atoms with van der Waals surface area (Å²) in [6, 6.07) is 7.72. The summed E-state index contributed by atoms with van der Waals surface area (Å²) in [6.45, 7) is 5.69. The summed E-state index contributed by atoms with van der Waals surface area (Å²) < 4.78 is 5.55. The number of rotatable bonds is 6. The SMILES string of the molecule is CCC(C)OCCNc1ccccc1Cl. The fraction of sp³-hybridized carbons (Fsp3) is 0.500. The van der Waals surface area contributed by atoms with Crippen LogP contribution in [0, 0.1) is 0 Å². The van der Waals surface area contributed by atoms with Gasteiger partial charge in [0, 0.05) is 6.54 Å². The van der Waals surface area contributed by atoms with E-state index in [1.165, 1.54) is 0 Å². The summed E-state index contributed by atoms with van der Waals surface area (Å²) in [6.07, 6.45) is 1.38. The van der Waals surface area contributed by atoms with Crippen LogP contribution in [0.25, 0.3) is 0 Å². The molecule has 0 aliphatic heterocycles. The van der Waals surface area contributed by atoms with Crippen molar-refractivity contribution in [3.63, 3.8) is 0 Å². The molecular weight excluding hydrogens is 210 g/mol. The second kappa shape index (κ2) is 6.70. The molecule has 1 unspecified atom stereocenters. The van der Waals surface area contributed by atoms with Crippen molar-refractivity contribution < 1.29 is 4.74 Å². The second-order valence-corrected chi connectivity index (χ2v) is 3.90. The summed E-state index contributed by atoms with van der Waals surface area (Å²) in [5.41, 5.74) is 0.965. The lowest BCUT2D eigenvalue weighted by Crippen LogP contribution is -2.14. The maximum Gasteiger partial charge on any atom is 0.0642 e. The molecule has 1 aromatic carbocycles. The summed E-state index contributed by atoms with van der Waals surface area (Å²) in [5, 5.41) is 3.99. The van der Waals surface area contributed by atoms with Gasteiger partial charge in [0.05, 0.1) is 23.4 Å². The monoisotopic (exact) mass is 227 g/mol. The number of benzene rings is 1. The maximum atomic E-state index is 5.99. The van der Waals surface area contributed by atoms with Crippen molar-refractivity contribution in [2.24, 2.45) is 0 Å². The van der Waals surface area contributed by atoms with Crippen LogP contribution in [-0.2, 0) is 4.74 Å². The fourth-order valence-electron chi connectivity index (χ4n) is 1.17. The van der Waals surface area contributed by atoms with Crippen molar-refractivity contribution >= 4 is 17.3 Å². The number of hydrogen-bond donors (Lipinski definition) is 1. The van der Waals surface area contributed by atoms with E-state index in [4.69, 9.17) is 16.3 Å². The molecule has 84 valence electrons.